The molecule has 2 unspecified atom stereocenters. The molecule has 3 aromatic carbocycles. The van der Waals surface area contributed by atoms with Crippen LogP contribution in [0.5, 0.6) is 11.5 Å². The second-order valence-corrected chi connectivity index (χ2v) is 13.1. The average molecular weight is 664 g/mol. The van der Waals surface area contributed by atoms with Crippen LogP contribution in [0.25, 0.3) is 0 Å². The Balaban J connectivity index is 0.000000212. The maximum atomic E-state index is 11.8. The molecule has 256 valence electrons. The normalized spacial score (nSPS) is 18.2. The molecule has 0 spiro atoms. The molecular formula is C40H54ClNO5. The van der Waals surface area contributed by atoms with Crippen LogP contribution in [0.1, 0.15) is 99.6 Å². The van der Waals surface area contributed by atoms with E-state index >= 15 is 0 Å². The summed E-state index contributed by atoms with van der Waals surface area (Å²) in [5, 5.41) is 10.6. The zero-order chi connectivity index (χ0) is 34.5. The molecule has 0 radical (unpaired) electrons. The third-order valence-electron chi connectivity index (χ3n) is 9.41. The van der Waals surface area contributed by atoms with Crippen LogP contribution in [0.2, 0.25) is 5.02 Å². The van der Waals surface area contributed by atoms with Gasteiger partial charge in [-0.25, -0.2) is 0 Å². The predicted octanol–water partition coefficient (Wildman–Crippen LogP) is 9.38. The van der Waals surface area contributed by atoms with Crippen LogP contribution in [0.3, 0.4) is 0 Å². The summed E-state index contributed by atoms with van der Waals surface area (Å²) >= 11 is 5.98. The highest BCUT2D eigenvalue weighted by atomic mass is 35.5. The van der Waals surface area contributed by atoms with Crippen molar-refractivity contribution in [2.45, 2.75) is 105 Å². The summed E-state index contributed by atoms with van der Waals surface area (Å²) in [6.45, 7) is 15.1. The number of unbranched alkanes of at least 4 members (excludes halogenated alkanes) is 3. The lowest BCUT2D eigenvalue weighted by Crippen LogP contribution is -2.36. The topological polar surface area (TPSA) is 76.1 Å². The van der Waals surface area contributed by atoms with E-state index in [1.807, 2.05) is 30.9 Å². The molecule has 2 heterocycles. The molecule has 1 saturated heterocycles. The number of carbonyl (C=O) groups is 2. The Hall–Kier alpha value is -3.35. The van der Waals surface area contributed by atoms with Crippen molar-refractivity contribution in [1.29, 1.82) is 0 Å². The number of nitrogens with zero attached hydrogens (tertiary/aromatic N) is 1. The number of rotatable bonds is 11. The van der Waals surface area contributed by atoms with Crippen LogP contribution in [0, 0.1) is 19.8 Å². The number of hydrogen-bond donors (Lipinski definition) is 1. The Morgan fingerprint density at radius 3 is 2.15 bits per heavy atom. The molecule has 47 heavy (non-hydrogen) atoms. The zero-order valence-electron chi connectivity index (χ0n) is 29.4. The number of ether oxygens (including phenoxy) is 2. The molecule has 0 aliphatic carbocycles. The van der Waals surface area contributed by atoms with Gasteiger partial charge in [0, 0.05) is 23.5 Å². The molecular weight excluding hydrogens is 610 g/mol. The van der Waals surface area contributed by atoms with Gasteiger partial charge < -0.3 is 14.6 Å². The Kier molecular flexibility index (Phi) is 15.3. The Bertz CT molecular complexity index is 1430. The molecule has 0 saturated carbocycles. The smallest absolute Gasteiger partial charge is 0.308 e. The van der Waals surface area contributed by atoms with Crippen LogP contribution in [-0.4, -0.2) is 47.7 Å². The number of aliphatic carboxylic acids is 1. The number of hydrogen-bond acceptors (Lipinski definition) is 5. The summed E-state index contributed by atoms with van der Waals surface area (Å²) in [4.78, 5) is 25.2. The number of carboxylic acids is 1. The lowest BCUT2D eigenvalue weighted by molar-refractivity contribution is -0.143. The molecule has 3 aromatic rings. The van der Waals surface area contributed by atoms with Crippen molar-refractivity contribution in [2.75, 3.05) is 19.9 Å². The van der Waals surface area contributed by atoms with Gasteiger partial charge in [-0.2, -0.15) is 0 Å². The number of fused-ring (bicyclic) bond motifs is 1. The van der Waals surface area contributed by atoms with Gasteiger partial charge in [0.2, 0.25) is 6.79 Å². The second kappa shape index (κ2) is 18.8. The Labute approximate surface area is 287 Å². The summed E-state index contributed by atoms with van der Waals surface area (Å²) in [5.74, 6) is -0.103. The van der Waals surface area contributed by atoms with E-state index in [0.717, 1.165) is 29.0 Å². The van der Waals surface area contributed by atoms with Gasteiger partial charge >= 0.3 is 5.97 Å². The van der Waals surface area contributed by atoms with Crippen LogP contribution in [0.15, 0.2) is 54.6 Å². The van der Waals surface area contributed by atoms with Gasteiger partial charge in [-0.05, 0) is 105 Å². The molecule has 2 aliphatic heterocycles. The Morgan fingerprint density at radius 2 is 1.57 bits per heavy atom. The second-order valence-electron chi connectivity index (χ2n) is 12.7. The SMILES string of the molecule is CC(=O)CN1CC(c2ccc3c(c2C)OCO3)[C@@H](C(=O)O)C1C.CCCCCCc1ccccc1.CCc1cc(Cl)cc(CC)c1C. The number of Topliss-reactive ketones (excluding diaryl/α,β-unsaturated/α-hetero) is 1. The fraction of sp³-hybridized carbons (Fsp3) is 0.500. The van der Waals surface area contributed by atoms with E-state index < -0.39 is 11.9 Å². The lowest BCUT2D eigenvalue weighted by Gasteiger charge is -2.21. The van der Waals surface area contributed by atoms with Crippen molar-refractivity contribution >= 4 is 23.4 Å². The minimum atomic E-state index is -0.828. The van der Waals surface area contributed by atoms with Gasteiger partial charge in [-0.1, -0.05) is 88.0 Å². The van der Waals surface area contributed by atoms with E-state index in [9.17, 15) is 14.7 Å². The number of benzene rings is 3. The van der Waals surface area contributed by atoms with E-state index in [2.05, 4.69) is 70.2 Å². The van der Waals surface area contributed by atoms with Crippen molar-refractivity contribution < 1.29 is 24.2 Å². The average Bonchev–Trinajstić information content (AvgIpc) is 3.66. The van der Waals surface area contributed by atoms with Gasteiger partial charge in [-0.15, -0.1) is 0 Å². The zero-order valence-corrected chi connectivity index (χ0v) is 30.2. The third-order valence-corrected chi connectivity index (χ3v) is 9.63. The van der Waals surface area contributed by atoms with E-state index in [0.29, 0.717) is 18.0 Å². The van der Waals surface area contributed by atoms with Crippen LogP contribution < -0.4 is 9.47 Å². The monoisotopic (exact) mass is 663 g/mol. The first-order valence-electron chi connectivity index (χ1n) is 17.2. The molecule has 1 N–H and O–H groups in total. The number of aryl methyl sites for hydroxylation is 3. The first-order chi connectivity index (χ1) is 22.5. The molecule has 6 nitrogen and oxygen atoms in total. The molecule has 0 bridgehead atoms. The summed E-state index contributed by atoms with van der Waals surface area (Å²) in [5.41, 5.74) is 7.52. The van der Waals surface area contributed by atoms with E-state index in [1.165, 1.54) is 61.3 Å². The van der Waals surface area contributed by atoms with Crippen molar-refractivity contribution in [3.05, 3.63) is 93.0 Å². The van der Waals surface area contributed by atoms with Crippen molar-refractivity contribution in [3.8, 4) is 11.5 Å². The highest BCUT2D eigenvalue weighted by Crippen LogP contribution is 2.44. The summed E-state index contributed by atoms with van der Waals surface area (Å²) in [7, 11) is 0. The van der Waals surface area contributed by atoms with Crippen LogP contribution >= 0.6 is 11.6 Å². The lowest BCUT2D eigenvalue weighted by atomic mass is 9.83. The quantitative estimate of drug-likeness (QED) is 0.206. The van der Waals surface area contributed by atoms with Crippen LogP contribution in [-0.2, 0) is 28.9 Å². The Morgan fingerprint density at radius 1 is 0.915 bits per heavy atom. The highest BCUT2D eigenvalue weighted by molar-refractivity contribution is 6.30. The van der Waals surface area contributed by atoms with E-state index in [1.54, 1.807) is 0 Å². The van der Waals surface area contributed by atoms with Gasteiger partial charge in [0.05, 0.1) is 12.5 Å². The number of carboxylic acid groups (broad SMARTS) is 1. The molecule has 5 rings (SSSR count). The number of ketones is 1. The molecule has 0 amide bonds. The molecule has 2 aliphatic rings. The van der Waals surface area contributed by atoms with Gasteiger partial charge in [0.25, 0.3) is 0 Å². The number of likely N-dealkylation sites (tertiary alicyclic amines) is 1. The minimum absolute atomic E-state index is 0.0454. The van der Waals surface area contributed by atoms with Crippen LogP contribution in [0.4, 0.5) is 0 Å². The maximum Gasteiger partial charge on any atom is 0.308 e. The molecule has 7 heteroatoms. The largest absolute Gasteiger partial charge is 0.481 e. The highest BCUT2D eigenvalue weighted by Gasteiger charge is 2.45. The molecule has 3 atom stereocenters. The van der Waals surface area contributed by atoms with E-state index in [-0.39, 0.29) is 31.1 Å². The van der Waals surface area contributed by atoms with Gasteiger partial charge in [-0.3, -0.25) is 14.5 Å². The fourth-order valence-electron chi connectivity index (χ4n) is 6.72. The third kappa shape index (κ3) is 10.6. The first kappa shape index (κ1) is 38.1. The van der Waals surface area contributed by atoms with Gasteiger partial charge in [0.15, 0.2) is 11.5 Å². The predicted molar refractivity (Wildman–Crippen MR) is 192 cm³/mol. The van der Waals surface area contributed by atoms with Crippen molar-refractivity contribution in [1.82, 2.24) is 4.90 Å². The standard InChI is InChI=1S/C17H21NO5.C12H18.C11H15Cl/c1-9(19)6-18-7-13(15(11(18)3)17(20)21)12-4-5-14-16(10(12)2)23-8-22-14;1-2-3-4-6-9-12-10-7-5-8-11-12;1-4-9-6-11(12)7-10(5-2)8(9)3/h4-5,11,13,15H,6-8H2,1-3H3,(H,20,21);5,7-8,10-11H,2-4,6,9H2,1H3;6-7H,4-5H2,1-3H3/t11?,13?,15-;;/m0../s1. The summed E-state index contributed by atoms with van der Waals surface area (Å²) < 4.78 is 10.9. The van der Waals surface area contributed by atoms with E-state index in [4.69, 9.17) is 21.1 Å². The fourth-order valence-corrected chi connectivity index (χ4v) is 6.98. The maximum absolute atomic E-state index is 11.8. The van der Waals surface area contributed by atoms with Crippen molar-refractivity contribution in [3.63, 3.8) is 0 Å². The number of halogens is 1. The molecule has 1 fully saturated rings. The summed E-state index contributed by atoms with van der Waals surface area (Å²) in [6.07, 6.45) is 8.82. The molecule has 0 aromatic heterocycles. The minimum Gasteiger partial charge on any atom is -0.481 e. The van der Waals surface area contributed by atoms with Crippen molar-refractivity contribution in [2.24, 2.45) is 5.92 Å². The number of carbonyl (C=O) groups excluding carboxylic acids is 1. The first-order valence-corrected chi connectivity index (χ1v) is 17.6. The summed E-state index contributed by atoms with van der Waals surface area (Å²) in [6, 6.07) is 18.4. The van der Waals surface area contributed by atoms with Gasteiger partial charge in [0.1, 0.15) is 5.78 Å².